The van der Waals surface area contributed by atoms with Crippen LogP contribution in [0, 0.1) is 45.8 Å². The number of rotatable bonds is 3. The summed E-state index contributed by atoms with van der Waals surface area (Å²) in [5.74, 6) is 2.29. The largest absolute Gasteiger partial charge is 0.462 e. The van der Waals surface area contributed by atoms with Crippen LogP contribution in [0.3, 0.4) is 0 Å². The molecule has 0 aromatic carbocycles. The Morgan fingerprint density at radius 3 is 2.25 bits per heavy atom. The van der Waals surface area contributed by atoms with Gasteiger partial charge in [0.05, 0.1) is 17.3 Å². The second kappa shape index (κ2) is 8.28. The summed E-state index contributed by atoms with van der Waals surface area (Å²) in [5, 5.41) is 10.7. The molecule has 1 saturated heterocycles. The number of ether oxygens (including phenoxy) is 2. The van der Waals surface area contributed by atoms with Gasteiger partial charge < -0.3 is 14.6 Å². The third-order valence-corrected chi connectivity index (χ3v) is 12.4. The van der Waals surface area contributed by atoms with Crippen molar-refractivity contribution in [1.29, 1.82) is 0 Å². The van der Waals surface area contributed by atoms with Crippen LogP contribution < -0.4 is 0 Å². The van der Waals surface area contributed by atoms with Crippen LogP contribution in [0.25, 0.3) is 0 Å². The van der Waals surface area contributed by atoms with Gasteiger partial charge in [0, 0.05) is 24.7 Å². The van der Waals surface area contributed by atoms with Gasteiger partial charge in [0.15, 0.2) is 0 Å². The van der Waals surface area contributed by atoms with E-state index < -0.39 is 5.60 Å². The van der Waals surface area contributed by atoms with Crippen LogP contribution in [0.1, 0.15) is 113 Å². The number of ketones is 1. The first-order valence-electron chi connectivity index (χ1n) is 14.6. The summed E-state index contributed by atoms with van der Waals surface area (Å²) in [6, 6.07) is 0. The molecule has 0 aromatic rings. The van der Waals surface area contributed by atoms with Crippen molar-refractivity contribution >= 4 is 11.8 Å². The molecule has 5 rings (SSSR count). The maximum absolute atomic E-state index is 13.0. The second-order valence-corrected chi connectivity index (χ2v) is 15.2. The molecule has 5 aliphatic rings. The average molecular weight is 503 g/mol. The minimum Gasteiger partial charge on any atom is -0.462 e. The zero-order chi connectivity index (χ0) is 26.5. The molecule has 10 atom stereocenters. The lowest BCUT2D eigenvalue weighted by Crippen LogP contribution is -2.65. The van der Waals surface area contributed by atoms with Gasteiger partial charge in [-0.3, -0.25) is 9.59 Å². The number of Topliss-reactive ketones (excluding diaryl/α,β-unsaturated/α-hetero) is 1. The summed E-state index contributed by atoms with van der Waals surface area (Å²) >= 11 is 0. The van der Waals surface area contributed by atoms with Crippen LogP contribution >= 0.6 is 0 Å². The van der Waals surface area contributed by atoms with Crippen molar-refractivity contribution in [3.8, 4) is 0 Å². The Morgan fingerprint density at radius 2 is 1.64 bits per heavy atom. The zero-order valence-corrected chi connectivity index (χ0v) is 24.0. The molecule has 4 saturated carbocycles. The molecular weight excluding hydrogens is 452 g/mol. The Hall–Kier alpha value is -0.940. The highest BCUT2D eigenvalue weighted by molar-refractivity contribution is 5.85. The Balaban J connectivity index is 1.50. The maximum atomic E-state index is 13.0. The van der Waals surface area contributed by atoms with Gasteiger partial charge in [-0.15, -0.1) is 0 Å². The Bertz CT molecular complexity index is 918. The molecule has 5 fully saturated rings. The predicted molar refractivity (Wildman–Crippen MR) is 139 cm³/mol. The normalized spacial score (nSPS) is 50.2. The highest BCUT2D eigenvalue weighted by Crippen LogP contribution is 2.72. The van der Waals surface area contributed by atoms with Crippen molar-refractivity contribution in [2.24, 2.45) is 45.8 Å². The van der Waals surface area contributed by atoms with Crippen molar-refractivity contribution in [3.63, 3.8) is 0 Å². The molecule has 0 radical (unpaired) electrons. The summed E-state index contributed by atoms with van der Waals surface area (Å²) in [5.41, 5.74) is -1.31. The van der Waals surface area contributed by atoms with Gasteiger partial charge in [0.1, 0.15) is 11.9 Å². The number of hydrogen-bond acceptors (Lipinski definition) is 5. The number of aliphatic hydroxyl groups is 1. The molecule has 204 valence electrons. The topological polar surface area (TPSA) is 72.8 Å². The maximum Gasteiger partial charge on any atom is 0.302 e. The lowest BCUT2D eigenvalue weighted by molar-refractivity contribution is -0.226. The summed E-state index contributed by atoms with van der Waals surface area (Å²) in [4.78, 5) is 25.5. The van der Waals surface area contributed by atoms with E-state index in [9.17, 15) is 14.7 Å². The van der Waals surface area contributed by atoms with Crippen LogP contribution in [0.4, 0.5) is 0 Å². The molecule has 4 aliphatic carbocycles. The van der Waals surface area contributed by atoms with E-state index >= 15 is 0 Å². The lowest BCUT2D eigenvalue weighted by Gasteiger charge is -2.67. The second-order valence-electron chi connectivity index (χ2n) is 15.2. The van der Waals surface area contributed by atoms with Crippen LogP contribution in [-0.2, 0) is 19.1 Å². The lowest BCUT2D eigenvalue weighted by atomic mass is 9.38. The minimum absolute atomic E-state index is 0.00660. The zero-order valence-electron chi connectivity index (χ0n) is 24.0. The Labute approximate surface area is 218 Å². The molecule has 5 heteroatoms. The number of fused-ring (bicyclic) bond motifs is 5. The molecule has 1 aliphatic heterocycles. The van der Waals surface area contributed by atoms with Crippen LogP contribution in [-0.4, -0.2) is 40.3 Å². The molecular formula is C31H50O5. The smallest absolute Gasteiger partial charge is 0.302 e. The first-order chi connectivity index (χ1) is 16.5. The van der Waals surface area contributed by atoms with E-state index in [2.05, 4.69) is 34.6 Å². The molecule has 1 N–H and O–H groups in total. The molecule has 0 aromatic heterocycles. The molecule has 5 nitrogen and oxygen atoms in total. The number of hydrogen-bond donors (Lipinski definition) is 1. The summed E-state index contributed by atoms with van der Waals surface area (Å²) in [6.07, 6.45) is 8.60. The highest BCUT2D eigenvalue weighted by atomic mass is 16.5. The fourth-order valence-corrected chi connectivity index (χ4v) is 10.9. The van der Waals surface area contributed by atoms with Gasteiger partial charge in [0.2, 0.25) is 0 Å². The molecule has 1 heterocycles. The molecule has 0 unspecified atom stereocenters. The molecule has 0 amide bonds. The number of carbonyl (C=O) groups is 2. The van der Waals surface area contributed by atoms with E-state index in [1.807, 2.05) is 13.8 Å². The summed E-state index contributed by atoms with van der Waals surface area (Å²) in [6.45, 7) is 16.8. The molecule has 0 spiro atoms. The molecule has 0 bridgehead atoms. The predicted octanol–water partition coefficient (Wildman–Crippen LogP) is 6.10. The first-order valence-corrected chi connectivity index (χ1v) is 14.6. The van der Waals surface area contributed by atoms with E-state index in [1.165, 1.54) is 6.42 Å². The van der Waals surface area contributed by atoms with Gasteiger partial charge in [-0.05, 0) is 107 Å². The van der Waals surface area contributed by atoms with Gasteiger partial charge in [-0.25, -0.2) is 0 Å². The van der Waals surface area contributed by atoms with Crippen molar-refractivity contribution in [3.05, 3.63) is 0 Å². The fraction of sp³-hybridized carbons (Fsp3) is 0.935. The van der Waals surface area contributed by atoms with Gasteiger partial charge in [-0.1, -0.05) is 27.7 Å². The third kappa shape index (κ3) is 3.76. The minimum atomic E-state index is -0.835. The van der Waals surface area contributed by atoms with Crippen LogP contribution in [0.2, 0.25) is 0 Å². The van der Waals surface area contributed by atoms with Crippen molar-refractivity contribution in [1.82, 2.24) is 0 Å². The number of esters is 1. The third-order valence-electron chi connectivity index (χ3n) is 12.4. The van der Waals surface area contributed by atoms with Gasteiger partial charge in [0.25, 0.3) is 0 Å². The average Bonchev–Trinajstić information content (AvgIpc) is 3.35. The van der Waals surface area contributed by atoms with E-state index in [0.717, 1.165) is 44.9 Å². The van der Waals surface area contributed by atoms with E-state index in [-0.39, 0.29) is 45.9 Å². The van der Waals surface area contributed by atoms with Gasteiger partial charge in [-0.2, -0.15) is 0 Å². The first kappa shape index (κ1) is 26.7. The highest BCUT2D eigenvalue weighted by Gasteiger charge is 2.69. The van der Waals surface area contributed by atoms with Crippen molar-refractivity contribution in [2.75, 3.05) is 0 Å². The Kier molecular flexibility index (Phi) is 6.13. The van der Waals surface area contributed by atoms with E-state index in [0.29, 0.717) is 35.9 Å². The quantitative estimate of drug-likeness (QED) is 0.472. The molecule has 36 heavy (non-hydrogen) atoms. The SMILES string of the molecule is CC(=O)O[C@@H]1C[C@H]2[C@@H](CC[C@@H]2[C@]2(C)CC[C@H](C(C)(C)O)O2)[C@]2(C)CC[C@H]3C(C)(C)C(=O)CC[C@]3(C)[C@@H]12. The Morgan fingerprint density at radius 1 is 0.972 bits per heavy atom. The van der Waals surface area contributed by atoms with E-state index in [4.69, 9.17) is 9.47 Å². The van der Waals surface area contributed by atoms with Crippen LogP contribution in [0.15, 0.2) is 0 Å². The van der Waals surface area contributed by atoms with Gasteiger partial charge >= 0.3 is 5.97 Å². The number of carbonyl (C=O) groups excluding carboxylic acids is 2. The van der Waals surface area contributed by atoms with Crippen molar-refractivity contribution < 1.29 is 24.2 Å². The monoisotopic (exact) mass is 502 g/mol. The van der Waals surface area contributed by atoms with Crippen molar-refractivity contribution in [2.45, 2.75) is 137 Å². The fourth-order valence-electron chi connectivity index (χ4n) is 10.9. The summed E-state index contributed by atoms with van der Waals surface area (Å²) < 4.78 is 12.9. The standard InChI is InChI=1S/C31H50O5/c1-18(32)35-22-17-19-20(9-10-21(19)31(8)16-13-25(36-31)28(4,5)34)29(6)14-11-23-27(2,3)24(33)12-15-30(23,7)26(22)29/h19-23,25-26,34H,9-17H2,1-8H3/t19-,20+,21-,22+,23-,25+,26-,29-,30-,31-/m0/s1. The van der Waals surface area contributed by atoms with Crippen LogP contribution in [0.5, 0.6) is 0 Å². The summed E-state index contributed by atoms with van der Waals surface area (Å²) in [7, 11) is 0. The van der Waals surface area contributed by atoms with E-state index in [1.54, 1.807) is 6.92 Å².